The number of carboxylic acids is 1. The molecule has 0 radical (unpaired) electrons. The molecule has 0 heterocycles. The lowest BCUT2D eigenvalue weighted by Gasteiger charge is -2.32. The molecule has 0 aromatic heterocycles. The molecule has 21 heavy (non-hydrogen) atoms. The van der Waals surface area contributed by atoms with Crippen LogP contribution in [-0.2, 0) is 10.3 Å². The van der Waals surface area contributed by atoms with E-state index in [-0.39, 0.29) is 0 Å². The van der Waals surface area contributed by atoms with Gasteiger partial charge in [0, 0.05) is 11.0 Å². The zero-order chi connectivity index (χ0) is 15.1. The molecule has 0 bridgehead atoms. The lowest BCUT2D eigenvalue weighted by molar-refractivity contribution is -0.144. The third kappa shape index (κ3) is 4.01. The van der Waals surface area contributed by atoms with Crippen LogP contribution in [0.25, 0.3) is 0 Å². The largest absolute Gasteiger partial charge is 0.480 e. The summed E-state index contributed by atoms with van der Waals surface area (Å²) in [5.41, 5.74) is -0.110. The van der Waals surface area contributed by atoms with E-state index in [0.29, 0.717) is 17.5 Å². The van der Waals surface area contributed by atoms with Crippen LogP contribution in [0.1, 0.15) is 44.6 Å². The highest BCUT2D eigenvalue weighted by Gasteiger charge is 2.40. The minimum atomic E-state index is -0.968. The highest BCUT2D eigenvalue weighted by Crippen LogP contribution is 2.34. The maximum absolute atomic E-state index is 12.1. The first-order chi connectivity index (χ1) is 10.2. The van der Waals surface area contributed by atoms with Gasteiger partial charge < -0.3 is 5.11 Å². The molecule has 116 valence electrons. The van der Waals surface area contributed by atoms with Crippen molar-refractivity contribution in [1.29, 1.82) is 0 Å². The molecular weight excluding hydrogens is 282 g/mol. The van der Waals surface area contributed by atoms with Crippen LogP contribution in [0.2, 0.25) is 0 Å². The molecule has 4 heteroatoms. The molecule has 0 aliphatic heterocycles. The summed E-state index contributed by atoms with van der Waals surface area (Å²) in [6.07, 6.45) is 5.94. The molecule has 1 aliphatic carbocycles. The van der Waals surface area contributed by atoms with Crippen LogP contribution in [0, 0.1) is 0 Å². The minimum absolute atomic E-state index is 0.594. The number of hydrogen-bond acceptors (Lipinski definition) is 3. The minimum Gasteiger partial charge on any atom is -0.480 e. The molecule has 1 fully saturated rings. The number of hydrogen-bond donors (Lipinski definition) is 2. The number of rotatable bonds is 8. The zero-order valence-corrected chi connectivity index (χ0v) is 13.5. The number of carbonyl (C=O) groups is 1. The Kier molecular flexibility index (Phi) is 6.12. The zero-order valence-electron chi connectivity index (χ0n) is 12.7. The summed E-state index contributed by atoms with van der Waals surface area (Å²) in [6, 6.07) is 9.61. The number of carboxylic acid groups (broad SMARTS) is 1. The van der Waals surface area contributed by atoms with Crippen molar-refractivity contribution >= 4 is 17.7 Å². The standard InChI is InChI=1S/C17H25NO2S/c1-2-12-18-17(16(19)20,14-8-4-3-5-9-14)13-21-15-10-6-7-11-15/h3-5,8-9,15,18H,2,6-7,10-13H2,1H3,(H,19,20). The van der Waals surface area contributed by atoms with Gasteiger partial charge in [-0.1, -0.05) is 50.1 Å². The van der Waals surface area contributed by atoms with E-state index in [0.717, 1.165) is 12.0 Å². The summed E-state index contributed by atoms with van der Waals surface area (Å²) in [7, 11) is 0. The first-order valence-corrected chi connectivity index (χ1v) is 8.89. The molecular formula is C17H25NO2S. The molecule has 0 saturated heterocycles. The maximum atomic E-state index is 12.1. The van der Waals surface area contributed by atoms with Gasteiger partial charge in [0.15, 0.2) is 5.54 Å². The Balaban J connectivity index is 2.19. The van der Waals surface area contributed by atoms with E-state index in [1.165, 1.54) is 25.7 Å². The van der Waals surface area contributed by atoms with Crippen molar-refractivity contribution in [3.63, 3.8) is 0 Å². The van der Waals surface area contributed by atoms with Gasteiger partial charge in [-0.3, -0.25) is 5.32 Å². The second-order valence-corrected chi connectivity index (χ2v) is 7.01. The van der Waals surface area contributed by atoms with E-state index < -0.39 is 11.5 Å². The van der Waals surface area contributed by atoms with E-state index in [1.54, 1.807) is 0 Å². The number of benzene rings is 1. The van der Waals surface area contributed by atoms with Gasteiger partial charge in [-0.25, -0.2) is 4.79 Å². The third-order valence-electron chi connectivity index (χ3n) is 4.15. The van der Waals surface area contributed by atoms with Crippen LogP contribution in [0.15, 0.2) is 30.3 Å². The topological polar surface area (TPSA) is 49.3 Å². The normalized spacial score (nSPS) is 18.5. The second-order valence-electron chi connectivity index (χ2n) is 5.72. The smallest absolute Gasteiger partial charge is 0.329 e. The van der Waals surface area contributed by atoms with Gasteiger partial charge in [0.05, 0.1) is 0 Å². The summed E-state index contributed by atoms with van der Waals surface area (Å²) in [6.45, 7) is 2.78. The van der Waals surface area contributed by atoms with Crippen LogP contribution in [0.5, 0.6) is 0 Å². The fraction of sp³-hybridized carbons (Fsp3) is 0.588. The Morgan fingerprint density at radius 3 is 2.57 bits per heavy atom. The first-order valence-electron chi connectivity index (χ1n) is 7.84. The highest BCUT2D eigenvalue weighted by atomic mass is 32.2. The number of thioether (sulfide) groups is 1. The van der Waals surface area contributed by atoms with Gasteiger partial charge in [-0.05, 0) is 31.4 Å². The Morgan fingerprint density at radius 2 is 2.00 bits per heavy atom. The van der Waals surface area contributed by atoms with Crippen LogP contribution >= 0.6 is 11.8 Å². The summed E-state index contributed by atoms with van der Waals surface area (Å²) in [4.78, 5) is 12.1. The molecule has 1 unspecified atom stereocenters. The molecule has 2 N–H and O–H groups in total. The predicted molar refractivity (Wildman–Crippen MR) is 88.8 cm³/mol. The van der Waals surface area contributed by atoms with Crippen molar-refractivity contribution in [3.05, 3.63) is 35.9 Å². The van der Waals surface area contributed by atoms with Crippen molar-refractivity contribution in [2.45, 2.75) is 49.8 Å². The van der Waals surface area contributed by atoms with Crippen LogP contribution in [0.4, 0.5) is 0 Å². The molecule has 1 aromatic rings. The maximum Gasteiger partial charge on any atom is 0.329 e. The quantitative estimate of drug-likeness (QED) is 0.770. The van der Waals surface area contributed by atoms with Crippen molar-refractivity contribution in [2.75, 3.05) is 12.3 Å². The summed E-state index contributed by atoms with van der Waals surface area (Å²) >= 11 is 1.82. The van der Waals surface area contributed by atoms with Gasteiger partial charge in [0.25, 0.3) is 0 Å². The molecule has 0 spiro atoms. The molecule has 2 rings (SSSR count). The third-order valence-corrected chi connectivity index (χ3v) is 5.69. The average molecular weight is 307 g/mol. The molecule has 0 amide bonds. The van der Waals surface area contributed by atoms with Crippen molar-refractivity contribution < 1.29 is 9.90 Å². The van der Waals surface area contributed by atoms with Crippen LogP contribution in [-0.4, -0.2) is 28.6 Å². The van der Waals surface area contributed by atoms with Crippen LogP contribution < -0.4 is 5.32 Å². The SMILES string of the molecule is CCCNC(CSC1CCCC1)(C(=O)O)c1ccccc1. The Morgan fingerprint density at radius 1 is 1.33 bits per heavy atom. The fourth-order valence-electron chi connectivity index (χ4n) is 2.86. The van der Waals surface area contributed by atoms with Gasteiger partial charge in [0.2, 0.25) is 0 Å². The van der Waals surface area contributed by atoms with Crippen molar-refractivity contribution in [3.8, 4) is 0 Å². The van der Waals surface area contributed by atoms with Crippen molar-refractivity contribution in [1.82, 2.24) is 5.32 Å². The highest BCUT2D eigenvalue weighted by molar-refractivity contribution is 8.00. The fourth-order valence-corrected chi connectivity index (χ4v) is 4.40. The lowest BCUT2D eigenvalue weighted by atomic mass is 9.91. The van der Waals surface area contributed by atoms with Gasteiger partial charge in [-0.15, -0.1) is 0 Å². The van der Waals surface area contributed by atoms with E-state index in [2.05, 4.69) is 12.2 Å². The van der Waals surface area contributed by atoms with Gasteiger partial charge in [-0.2, -0.15) is 11.8 Å². The van der Waals surface area contributed by atoms with Gasteiger partial charge in [0.1, 0.15) is 0 Å². The second kappa shape index (κ2) is 7.85. The van der Waals surface area contributed by atoms with Crippen molar-refractivity contribution in [2.24, 2.45) is 0 Å². The van der Waals surface area contributed by atoms with E-state index >= 15 is 0 Å². The van der Waals surface area contributed by atoms with E-state index in [9.17, 15) is 9.90 Å². The summed E-state index contributed by atoms with van der Waals surface area (Å²) in [5.74, 6) is -0.176. The lowest BCUT2D eigenvalue weighted by Crippen LogP contribution is -2.52. The summed E-state index contributed by atoms with van der Waals surface area (Å²) < 4.78 is 0. The Bertz CT molecular complexity index is 445. The molecule has 1 aliphatic rings. The van der Waals surface area contributed by atoms with Crippen LogP contribution in [0.3, 0.4) is 0 Å². The monoisotopic (exact) mass is 307 g/mol. The number of aliphatic carboxylic acids is 1. The number of nitrogens with one attached hydrogen (secondary N) is 1. The molecule has 1 aromatic carbocycles. The van der Waals surface area contributed by atoms with E-state index in [1.807, 2.05) is 42.1 Å². The molecule has 3 nitrogen and oxygen atoms in total. The predicted octanol–water partition coefficient (Wildman–Crippen LogP) is 3.64. The first kappa shape index (κ1) is 16.4. The summed E-state index contributed by atoms with van der Waals surface area (Å²) in [5, 5.41) is 13.8. The van der Waals surface area contributed by atoms with Gasteiger partial charge >= 0.3 is 5.97 Å². The Labute approximate surface area is 131 Å². The average Bonchev–Trinajstić information content (AvgIpc) is 3.02. The van der Waals surface area contributed by atoms with E-state index in [4.69, 9.17) is 0 Å². The Hall–Kier alpha value is -1.00. The molecule has 1 atom stereocenters. The molecule has 1 saturated carbocycles.